The lowest BCUT2D eigenvalue weighted by atomic mass is 9.98. The Labute approximate surface area is 129 Å². The molecule has 2 N–H and O–H groups in total. The highest BCUT2D eigenvalue weighted by atomic mass is 35.5. The maximum Gasteiger partial charge on any atom is 0.123 e. The molecule has 21 heavy (non-hydrogen) atoms. The molecule has 2 aromatic rings. The number of benzene rings is 2. The Hall–Kier alpha value is -1.58. The minimum atomic E-state index is -0.250. The standard InChI is InChI=1S/C17H18ClFN2/c18-16-6-5-14(19)9-13(16)11-21-10-12(7-8-20)15-3-1-2-4-17(15)21/h1-6,9,12H,7-8,10-11,20H2. The Morgan fingerprint density at radius 3 is 2.86 bits per heavy atom. The smallest absolute Gasteiger partial charge is 0.123 e. The van der Waals surface area contributed by atoms with Crippen molar-refractivity contribution in [1.29, 1.82) is 0 Å². The van der Waals surface area contributed by atoms with Crippen molar-refractivity contribution in [2.45, 2.75) is 18.9 Å². The van der Waals surface area contributed by atoms with E-state index in [0.717, 1.165) is 18.5 Å². The molecule has 0 saturated heterocycles. The van der Waals surface area contributed by atoms with Crippen LogP contribution in [0.5, 0.6) is 0 Å². The highest BCUT2D eigenvalue weighted by Crippen LogP contribution is 2.39. The first-order valence-corrected chi connectivity index (χ1v) is 7.54. The van der Waals surface area contributed by atoms with Gasteiger partial charge in [0.1, 0.15) is 5.82 Å². The van der Waals surface area contributed by atoms with Crippen LogP contribution in [0.4, 0.5) is 10.1 Å². The van der Waals surface area contributed by atoms with E-state index < -0.39 is 0 Å². The Morgan fingerprint density at radius 1 is 1.24 bits per heavy atom. The highest BCUT2D eigenvalue weighted by molar-refractivity contribution is 6.31. The maximum atomic E-state index is 13.4. The van der Waals surface area contributed by atoms with Crippen LogP contribution in [0, 0.1) is 5.82 Å². The molecule has 0 amide bonds. The number of nitrogens with zero attached hydrogens (tertiary/aromatic N) is 1. The molecular weight excluding hydrogens is 287 g/mol. The highest BCUT2D eigenvalue weighted by Gasteiger charge is 2.27. The van der Waals surface area contributed by atoms with Gasteiger partial charge in [-0.3, -0.25) is 0 Å². The first-order valence-electron chi connectivity index (χ1n) is 7.17. The number of hydrogen-bond donors (Lipinski definition) is 1. The summed E-state index contributed by atoms with van der Waals surface area (Å²) < 4.78 is 13.4. The van der Waals surface area contributed by atoms with Crippen molar-refractivity contribution in [3.8, 4) is 0 Å². The van der Waals surface area contributed by atoms with Crippen LogP contribution in [0.25, 0.3) is 0 Å². The first kappa shape index (κ1) is 14.4. The third-order valence-corrected chi connectivity index (χ3v) is 4.41. The zero-order valence-corrected chi connectivity index (χ0v) is 12.5. The molecule has 0 aromatic heterocycles. The minimum Gasteiger partial charge on any atom is -0.366 e. The molecule has 0 spiro atoms. The fourth-order valence-electron chi connectivity index (χ4n) is 3.05. The van der Waals surface area contributed by atoms with Crippen molar-refractivity contribution in [2.75, 3.05) is 18.0 Å². The van der Waals surface area contributed by atoms with E-state index in [2.05, 4.69) is 23.1 Å². The summed E-state index contributed by atoms with van der Waals surface area (Å²) >= 11 is 6.19. The predicted molar refractivity (Wildman–Crippen MR) is 85.3 cm³/mol. The van der Waals surface area contributed by atoms with Gasteiger partial charge < -0.3 is 10.6 Å². The molecule has 2 aromatic carbocycles. The van der Waals surface area contributed by atoms with Crippen LogP contribution < -0.4 is 10.6 Å². The van der Waals surface area contributed by atoms with Crippen molar-refractivity contribution in [3.05, 3.63) is 64.4 Å². The predicted octanol–water partition coefficient (Wildman–Crippen LogP) is 3.93. The summed E-state index contributed by atoms with van der Waals surface area (Å²) in [6.07, 6.45) is 0.963. The summed E-state index contributed by atoms with van der Waals surface area (Å²) in [6, 6.07) is 12.9. The zero-order valence-electron chi connectivity index (χ0n) is 11.7. The number of rotatable bonds is 4. The number of halogens is 2. The second-order valence-corrected chi connectivity index (χ2v) is 5.86. The summed E-state index contributed by atoms with van der Waals surface area (Å²) in [5, 5.41) is 0.608. The Morgan fingerprint density at radius 2 is 2.05 bits per heavy atom. The van der Waals surface area contributed by atoms with E-state index in [1.807, 2.05) is 6.07 Å². The summed E-state index contributed by atoms with van der Waals surface area (Å²) in [4.78, 5) is 2.26. The number of fused-ring (bicyclic) bond motifs is 1. The fourth-order valence-corrected chi connectivity index (χ4v) is 3.23. The van der Waals surface area contributed by atoms with Gasteiger partial charge in [0.2, 0.25) is 0 Å². The van der Waals surface area contributed by atoms with E-state index in [0.29, 0.717) is 24.0 Å². The van der Waals surface area contributed by atoms with Gasteiger partial charge in [0.25, 0.3) is 0 Å². The van der Waals surface area contributed by atoms with Gasteiger partial charge in [0.05, 0.1) is 0 Å². The molecule has 1 aliphatic heterocycles. The molecule has 1 aliphatic rings. The molecule has 110 valence electrons. The fraction of sp³-hybridized carbons (Fsp3) is 0.294. The monoisotopic (exact) mass is 304 g/mol. The van der Waals surface area contributed by atoms with Crippen LogP contribution in [0.1, 0.15) is 23.5 Å². The molecule has 1 heterocycles. The van der Waals surface area contributed by atoms with Crippen molar-refractivity contribution < 1.29 is 4.39 Å². The van der Waals surface area contributed by atoms with Crippen molar-refractivity contribution in [1.82, 2.24) is 0 Å². The van der Waals surface area contributed by atoms with E-state index in [1.54, 1.807) is 6.07 Å². The van der Waals surface area contributed by atoms with Crippen molar-refractivity contribution in [2.24, 2.45) is 5.73 Å². The van der Waals surface area contributed by atoms with Crippen molar-refractivity contribution in [3.63, 3.8) is 0 Å². The Bertz CT molecular complexity index is 644. The second-order valence-electron chi connectivity index (χ2n) is 5.45. The summed E-state index contributed by atoms with van der Waals surface area (Å²) in [5.41, 5.74) is 9.07. The summed E-state index contributed by atoms with van der Waals surface area (Å²) in [6.45, 7) is 2.20. The van der Waals surface area contributed by atoms with Crippen LogP contribution in [-0.4, -0.2) is 13.1 Å². The molecule has 0 saturated carbocycles. The number of hydrogen-bond acceptors (Lipinski definition) is 2. The van der Waals surface area contributed by atoms with E-state index in [1.165, 1.54) is 23.4 Å². The minimum absolute atomic E-state index is 0.250. The Balaban J connectivity index is 1.88. The van der Waals surface area contributed by atoms with E-state index >= 15 is 0 Å². The average Bonchev–Trinajstić information content (AvgIpc) is 2.82. The molecular formula is C17H18ClFN2. The van der Waals surface area contributed by atoms with Gasteiger partial charge in [-0.1, -0.05) is 29.8 Å². The summed E-state index contributed by atoms with van der Waals surface area (Å²) in [7, 11) is 0. The van der Waals surface area contributed by atoms with E-state index in [9.17, 15) is 4.39 Å². The maximum absolute atomic E-state index is 13.4. The molecule has 1 atom stereocenters. The molecule has 0 fully saturated rings. The lowest BCUT2D eigenvalue weighted by molar-refractivity contribution is 0.621. The third kappa shape index (κ3) is 2.89. The molecule has 0 bridgehead atoms. The quantitative estimate of drug-likeness (QED) is 0.927. The Kier molecular flexibility index (Phi) is 4.13. The molecule has 0 radical (unpaired) electrons. The van der Waals surface area contributed by atoms with Crippen molar-refractivity contribution >= 4 is 17.3 Å². The number of nitrogens with two attached hydrogens (primary N) is 1. The number of para-hydroxylation sites is 1. The summed E-state index contributed by atoms with van der Waals surface area (Å²) in [5.74, 6) is 0.193. The first-order chi connectivity index (χ1) is 10.2. The van der Waals surface area contributed by atoms with Crippen LogP contribution in [0.15, 0.2) is 42.5 Å². The average molecular weight is 305 g/mol. The topological polar surface area (TPSA) is 29.3 Å². The SMILES string of the molecule is NCCC1CN(Cc2cc(F)ccc2Cl)c2ccccc21. The van der Waals surface area contributed by atoms with Gasteiger partial charge in [-0.25, -0.2) is 4.39 Å². The largest absolute Gasteiger partial charge is 0.366 e. The van der Waals surface area contributed by atoms with Gasteiger partial charge in [-0.2, -0.15) is 0 Å². The van der Waals surface area contributed by atoms with Crippen LogP contribution in [0.2, 0.25) is 5.02 Å². The van der Waals surface area contributed by atoms with Crippen LogP contribution in [-0.2, 0) is 6.54 Å². The van der Waals surface area contributed by atoms with Gasteiger partial charge in [-0.05, 0) is 48.4 Å². The zero-order chi connectivity index (χ0) is 14.8. The van der Waals surface area contributed by atoms with Gasteiger partial charge in [0, 0.05) is 29.7 Å². The second kappa shape index (κ2) is 6.04. The normalized spacial score (nSPS) is 17.1. The lowest BCUT2D eigenvalue weighted by Crippen LogP contribution is -2.22. The third-order valence-electron chi connectivity index (χ3n) is 4.04. The molecule has 4 heteroatoms. The number of anilines is 1. The van der Waals surface area contributed by atoms with E-state index in [4.69, 9.17) is 17.3 Å². The molecule has 0 aliphatic carbocycles. The van der Waals surface area contributed by atoms with Gasteiger partial charge in [0.15, 0.2) is 0 Å². The van der Waals surface area contributed by atoms with Gasteiger partial charge in [-0.15, -0.1) is 0 Å². The lowest BCUT2D eigenvalue weighted by Gasteiger charge is -2.21. The van der Waals surface area contributed by atoms with Crippen LogP contribution >= 0.6 is 11.6 Å². The molecule has 1 unspecified atom stereocenters. The molecule has 3 rings (SSSR count). The van der Waals surface area contributed by atoms with Crippen LogP contribution in [0.3, 0.4) is 0 Å². The van der Waals surface area contributed by atoms with E-state index in [-0.39, 0.29) is 5.82 Å². The molecule has 2 nitrogen and oxygen atoms in total. The van der Waals surface area contributed by atoms with Gasteiger partial charge >= 0.3 is 0 Å².